The second-order valence-electron chi connectivity index (χ2n) is 7.61. The normalized spacial score (nSPS) is 29.8. The molecule has 4 rings (SSSR count). The van der Waals surface area contributed by atoms with Gasteiger partial charge in [0.15, 0.2) is 0 Å². The minimum atomic E-state index is 0.344. The van der Waals surface area contributed by atoms with E-state index in [1.165, 1.54) is 19.3 Å². The molecule has 0 unspecified atom stereocenters. The van der Waals surface area contributed by atoms with Crippen molar-refractivity contribution in [1.82, 2.24) is 9.80 Å². The first kappa shape index (κ1) is 15.9. The lowest BCUT2D eigenvalue weighted by Crippen LogP contribution is -2.51. The third-order valence-corrected chi connectivity index (χ3v) is 6.16. The first-order valence-corrected chi connectivity index (χ1v) is 9.48. The van der Waals surface area contributed by atoms with Crippen molar-refractivity contribution >= 4 is 5.91 Å². The summed E-state index contributed by atoms with van der Waals surface area (Å²) in [5.41, 5.74) is 0. The molecule has 0 radical (unpaired) electrons. The van der Waals surface area contributed by atoms with Crippen LogP contribution in [0.3, 0.4) is 0 Å². The lowest BCUT2D eigenvalue weighted by atomic mass is 9.87. The molecule has 4 heteroatoms. The Bertz CT molecular complexity index is 554. The lowest BCUT2D eigenvalue weighted by molar-refractivity contribution is -0.139. The predicted molar refractivity (Wildman–Crippen MR) is 93.9 cm³/mol. The van der Waals surface area contributed by atoms with Crippen LogP contribution in [0, 0.1) is 17.8 Å². The molecule has 2 saturated carbocycles. The van der Waals surface area contributed by atoms with Gasteiger partial charge < -0.3 is 9.64 Å². The number of nitrogens with zero attached hydrogens (tertiary/aromatic N) is 2. The zero-order chi connectivity index (χ0) is 16.4. The van der Waals surface area contributed by atoms with Gasteiger partial charge in [0.1, 0.15) is 12.4 Å². The number of ether oxygens (including phenoxy) is 1. The van der Waals surface area contributed by atoms with E-state index in [-0.39, 0.29) is 0 Å². The van der Waals surface area contributed by atoms with Crippen LogP contribution in [-0.4, -0.2) is 55.0 Å². The summed E-state index contributed by atoms with van der Waals surface area (Å²) in [6.45, 7) is 5.38. The number of carbonyl (C=O) groups is 1. The zero-order valence-corrected chi connectivity index (χ0v) is 14.4. The maximum absolute atomic E-state index is 12.8. The number of amides is 1. The maximum atomic E-state index is 12.8. The molecular weight excluding hydrogens is 300 g/mol. The molecular formula is C20H28N2O2. The molecule has 0 spiro atoms. The van der Waals surface area contributed by atoms with Gasteiger partial charge in [0.25, 0.3) is 0 Å². The summed E-state index contributed by atoms with van der Waals surface area (Å²) in [6, 6.07) is 9.97. The van der Waals surface area contributed by atoms with E-state index in [0.717, 1.165) is 50.8 Å². The molecule has 0 N–H and O–H groups in total. The van der Waals surface area contributed by atoms with Gasteiger partial charge in [-0.25, -0.2) is 0 Å². The monoisotopic (exact) mass is 328 g/mol. The second kappa shape index (κ2) is 7.14. The first-order valence-electron chi connectivity index (χ1n) is 9.48. The van der Waals surface area contributed by atoms with E-state index in [9.17, 15) is 4.79 Å². The molecule has 130 valence electrons. The van der Waals surface area contributed by atoms with Gasteiger partial charge in [0.2, 0.25) is 5.91 Å². The quantitative estimate of drug-likeness (QED) is 0.833. The van der Waals surface area contributed by atoms with Crippen LogP contribution in [0.4, 0.5) is 0 Å². The van der Waals surface area contributed by atoms with Crippen molar-refractivity contribution in [3.05, 3.63) is 30.3 Å². The molecule has 3 atom stereocenters. The van der Waals surface area contributed by atoms with E-state index in [2.05, 4.69) is 9.80 Å². The van der Waals surface area contributed by atoms with Gasteiger partial charge in [0.05, 0.1) is 0 Å². The van der Waals surface area contributed by atoms with Crippen molar-refractivity contribution in [2.45, 2.75) is 25.7 Å². The topological polar surface area (TPSA) is 32.8 Å². The molecule has 2 aliphatic carbocycles. The van der Waals surface area contributed by atoms with Gasteiger partial charge in [-0.05, 0) is 43.2 Å². The molecule has 1 amide bonds. The Morgan fingerprint density at radius 2 is 1.83 bits per heavy atom. The summed E-state index contributed by atoms with van der Waals surface area (Å²) in [4.78, 5) is 17.3. The van der Waals surface area contributed by atoms with Crippen molar-refractivity contribution in [3.8, 4) is 5.75 Å². The van der Waals surface area contributed by atoms with Crippen molar-refractivity contribution in [1.29, 1.82) is 0 Å². The van der Waals surface area contributed by atoms with E-state index in [1.54, 1.807) is 0 Å². The predicted octanol–water partition coefficient (Wildman–Crippen LogP) is 2.65. The van der Waals surface area contributed by atoms with Crippen LogP contribution in [0.15, 0.2) is 30.3 Å². The minimum Gasteiger partial charge on any atom is -0.492 e. The Morgan fingerprint density at radius 1 is 1.04 bits per heavy atom. The molecule has 0 aromatic heterocycles. The number of piperazine rings is 1. The maximum Gasteiger partial charge on any atom is 0.226 e. The Morgan fingerprint density at radius 3 is 2.50 bits per heavy atom. The molecule has 1 saturated heterocycles. The van der Waals surface area contributed by atoms with Crippen LogP contribution < -0.4 is 4.74 Å². The van der Waals surface area contributed by atoms with Crippen molar-refractivity contribution in [2.24, 2.45) is 17.8 Å². The molecule has 3 fully saturated rings. The Balaban J connectivity index is 1.19. The summed E-state index contributed by atoms with van der Waals surface area (Å²) in [5, 5.41) is 0. The fourth-order valence-electron chi connectivity index (χ4n) is 4.78. The van der Waals surface area contributed by atoms with Gasteiger partial charge >= 0.3 is 0 Å². The fraction of sp³-hybridized carbons (Fsp3) is 0.650. The zero-order valence-electron chi connectivity index (χ0n) is 14.4. The molecule has 2 bridgehead atoms. The highest BCUT2D eigenvalue weighted by Gasteiger charge is 2.44. The number of hydrogen-bond donors (Lipinski definition) is 0. The van der Waals surface area contributed by atoms with Gasteiger partial charge in [-0.1, -0.05) is 24.6 Å². The Hall–Kier alpha value is -1.55. The summed E-state index contributed by atoms with van der Waals surface area (Å²) >= 11 is 0. The van der Waals surface area contributed by atoms with E-state index >= 15 is 0 Å². The SMILES string of the molecule is O=C([C@@H]1C[C@H]2CC[C@H]1C2)N1CCN(CCOc2ccccc2)CC1. The number of fused-ring (bicyclic) bond motifs is 2. The number of carbonyl (C=O) groups excluding carboxylic acids is 1. The first-order chi connectivity index (χ1) is 11.8. The molecule has 1 aromatic rings. The Kier molecular flexibility index (Phi) is 4.74. The van der Waals surface area contributed by atoms with E-state index in [4.69, 9.17) is 4.74 Å². The summed E-state index contributed by atoms with van der Waals surface area (Å²) in [5.74, 6) is 3.27. The number of rotatable bonds is 5. The summed E-state index contributed by atoms with van der Waals surface area (Å²) < 4.78 is 5.78. The van der Waals surface area contributed by atoms with Crippen LogP contribution in [-0.2, 0) is 4.79 Å². The third kappa shape index (κ3) is 3.44. The van der Waals surface area contributed by atoms with Crippen LogP contribution in [0.2, 0.25) is 0 Å². The standard InChI is InChI=1S/C20H28N2O2/c23-20(19-15-16-6-7-17(19)14-16)22-10-8-21(9-11-22)12-13-24-18-4-2-1-3-5-18/h1-5,16-17,19H,6-15H2/t16-,17-,19+/m0/s1. The molecule has 1 aromatic carbocycles. The van der Waals surface area contributed by atoms with Crippen molar-refractivity contribution in [3.63, 3.8) is 0 Å². The minimum absolute atomic E-state index is 0.344. The highest BCUT2D eigenvalue weighted by Crippen LogP contribution is 2.48. The van der Waals surface area contributed by atoms with Crippen LogP contribution in [0.1, 0.15) is 25.7 Å². The highest BCUT2D eigenvalue weighted by molar-refractivity contribution is 5.79. The Labute approximate surface area is 144 Å². The van der Waals surface area contributed by atoms with Crippen LogP contribution in [0.25, 0.3) is 0 Å². The number of benzene rings is 1. The van der Waals surface area contributed by atoms with Gasteiger partial charge in [-0.2, -0.15) is 0 Å². The third-order valence-electron chi connectivity index (χ3n) is 6.16. The van der Waals surface area contributed by atoms with Gasteiger partial charge in [-0.15, -0.1) is 0 Å². The lowest BCUT2D eigenvalue weighted by Gasteiger charge is -2.37. The highest BCUT2D eigenvalue weighted by atomic mass is 16.5. The molecule has 1 aliphatic heterocycles. The van der Waals surface area contributed by atoms with Crippen molar-refractivity contribution in [2.75, 3.05) is 39.3 Å². The number of hydrogen-bond acceptors (Lipinski definition) is 3. The molecule has 1 heterocycles. The molecule has 3 aliphatic rings. The fourth-order valence-corrected chi connectivity index (χ4v) is 4.78. The van der Waals surface area contributed by atoms with E-state index in [0.29, 0.717) is 24.3 Å². The van der Waals surface area contributed by atoms with Gasteiger partial charge in [-0.3, -0.25) is 9.69 Å². The summed E-state index contributed by atoms with van der Waals surface area (Å²) in [7, 11) is 0. The van der Waals surface area contributed by atoms with E-state index in [1.807, 2.05) is 30.3 Å². The smallest absolute Gasteiger partial charge is 0.226 e. The largest absolute Gasteiger partial charge is 0.492 e. The average Bonchev–Trinajstić information content (AvgIpc) is 3.26. The van der Waals surface area contributed by atoms with Crippen molar-refractivity contribution < 1.29 is 9.53 Å². The van der Waals surface area contributed by atoms with Crippen LogP contribution in [0.5, 0.6) is 5.75 Å². The van der Waals surface area contributed by atoms with Crippen LogP contribution >= 0.6 is 0 Å². The second-order valence-corrected chi connectivity index (χ2v) is 7.61. The summed E-state index contributed by atoms with van der Waals surface area (Å²) in [6.07, 6.45) is 5.13. The van der Waals surface area contributed by atoms with E-state index < -0.39 is 0 Å². The van der Waals surface area contributed by atoms with Gasteiger partial charge in [0, 0.05) is 38.6 Å². The average molecular weight is 328 g/mol. The molecule has 24 heavy (non-hydrogen) atoms. The molecule has 4 nitrogen and oxygen atoms in total. The number of para-hydroxylation sites is 1.